The Kier molecular flexibility index (Phi) is 3.60. The summed E-state index contributed by atoms with van der Waals surface area (Å²) in [5.74, 6) is 0.475. The second-order valence-electron chi connectivity index (χ2n) is 7.20. The molecule has 1 spiro atoms. The third-order valence-corrected chi connectivity index (χ3v) is 5.75. The number of imide groups is 1. The van der Waals surface area contributed by atoms with Crippen LogP contribution < -0.4 is 15.5 Å². The number of carbonyl (C=O) groups excluding carboxylic acids is 2. The Balaban J connectivity index is 1.41. The molecule has 1 aliphatic carbocycles. The van der Waals surface area contributed by atoms with Gasteiger partial charge in [-0.3, -0.25) is 15.0 Å². The summed E-state index contributed by atoms with van der Waals surface area (Å²) in [5.41, 5.74) is 2.84. The number of piperidine rings is 1. The molecule has 1 saturated carbocycles. The van der Waals surface area contributed by atoms with Gasteiger partial charge in [-0.05, 0) is 67.8 Å². The number of benzene rings is 1. The summed E-state index contributed by atoms with van der Waals surface area (Å²) in [6.45, 7) is 2.78. The molecule has 0 bridgehead atoms. The number of anilines is 1. The van der Waals surface area contributed by atoms with Crippen molar-refractivity contribution in [3.8, 4) is 0 Å². The normalized spacial score (nSPS) is 24.4. The number of rotatable bonds is 2. The van der Waals surface area contributed by atoms with Crippen molar-refractivity contribution in [2.45, 2.75) is 38.0 Å². The Bertz CT molecular complexity index is 612. The fourth-order valence-electron chi connectivity index (χ4n) is 4.32. The molecule has 1 aromatic rings. The number of hydrogen-bond acceptors (Lipinski definition) is 3. The van der Waals surface area contributed by atoms with Crippen LogP contribution in [0.4, 0.5) is 10.5 Å². The van der Waals surface area contributed by atoms with E-state index in [1.807, 2.05) is 12.1 Å². The number of nitrogens with zero attached hydrogens (tertiary/aromatic N) is 1. The minimum absolute atomic E-state index is 0.190. The topological polar surface area (TPSA) is 61.4 Å². The van der Waals surface area contributed by atoms with Gasteiger partial charge in [0.05, 0.1) is 0 Å². The van der Waals surface area contributed by atoms with Crippen molar-refractivity contribution in [1.82, 2.24) is 10.6 Å². The number of amides is 3. The Labute approximate surface area is 136 Å². The van der Waals surface area contributed by atoms with Crippen molar-refractivity contribution >= 4 is 17.6 Å². The molecule has 2 aliphatic heterocycles. The lowest BCUT2D eigenvalue weighted by Gasteiger charge is -2.50. The Morgan fingerprint density at radius 3 is 2.39 bits per heavy atom. The highest BCUT2D eigenvalue weighted by atomic mass is 16.2. The standard InChI is InChI=1S/C18H23N3O2/c22-16-5-10-21(17(23)20-16)15-3-1-13(2-4-15)14-11-18(12-14)6-8-19-9-7-18/h1-4,14,19H,5-12H2,(H,20,22,23). The maximum absolute atomic E-state index is 11.9. The first-order valence-corrected chi connectivity index (χ1v) is 8.57. The van der Waals surface area contributed by atoms with Crippen molar-refractivity contribution in [2.24, 2.45) is 5.41 Å². The van der Waals surface area contributed by atoms with Crippen LogP contribution in [0, 0.1) is 5.41 Å². The highest BCUT2D eigenvalue weighted by molar-refractivity contribution is 6.05. The van der Waals surface area contributed by atoms with Crippen molar-refractivity contribution in [3.05, 3.63) is 29.8 Å². The van der Waals surface area contributed by atoms with Crippen LogP contribution in [-0.4, -0.2) is 31.6 Å². The predicted molar refractivity (Wildman–Crippen MR) is 88.5 cm³/mol. The molecule has 2 saturated heterocycles. The van der Waals surface area contributed by atoms with Crippen LogP contribution in [0.2, 0.25) is 0 Å². The number of hydrogen-bond donors (Lipinski definition) is 2. The molecule has 0 aromatic heterocycles. The van der Waals surface area contributed by atoms with Gasteiger partial charge in [0.25, 0.3) is 0 Å². The minimum atomic E-state index is -0.314. The molecule has 23 heavy (non-hydrogen) atoms. The number of nitrogens with one attached hydrogen (secondary N) is 2. The van der Waals surface area contributed by atoms with Gasteiger partial charge < -0.3 is 5.32 Å². The first-order chi connectivity index (χ1) is 11.2. The first kappa shape index (κ1) is 14.7. The third kappa shape index (κ3) is 2.74. The molecule has 0 atom stereocenters. The van der Waals surface area contributed by atoms with Gasteiger partial charge in [-0.25, -0.2) is 4.79 Å². The highest BCUT2D eigenvalue weighted by Gasteiger charge is 2.44. The van der Waals surface area contributed by atoms with Gasteiger partial charge in [0.1, 0.15) is 0 Å². The van der Waals surface area contributed by atoms with Gasteiger partial charge in [0.2, 0.25) is 5.91 Å². The lowest BCUT2D eigenvalue weighted by Crippen LogP contribution is -2.49. The average Bonchev–Trinajstić information content (AvgIpc) is 2.54. The molecule has 3 amide bonds. The van der Waals surface area contributed by atoms with E-state index in [9.17, 15) is 9.59 Å². The molecular formula is C18H23N3O2. The van der Waals surface area contributed by atoms with E-state index in [0.717, 1.165) is 18.8 Å². The van der Waals surface area contributed by atoms with Crippen LogP contribution >= 0.6 is 0 Å². The van der Waals surface area contributed by atoms with Gasteiger partial charge >= 0.3 is 6.03 Å². The summed E-state index contributed by atoms with van der Waals surface area (Å²) in [5, 5.41) is 5.82. The largest absolute Gasteiger partial charge is 0.328 e. The Morgan fingerprint density at radius 1 is 1.04 bits per heavy atom. The van der Waals surface area contributed by atoms with Gasteiger partial charge in [0.15, 0.2) is 0 Å². The summed E-state index contributed by atoms with van der Waals surface area (Å²) in [6.07, 6.45) is 5.58. The van der Waals surface area contributed by atoms with Crippen LogP contribution in [0.3, 0.4) is 0 Å². The molecule has 5 nitrogen and oxygen atoms in total. The minimum Gasteiger partial charge on any atom is -0.317 e. The molecule has 4 rings (SSSR count). The molecule has 122 valence electrons. The summed E-state index contributed by atoms with van der Waals surface area (Å²) in [4.78, 5) is 24.7. The number of urea groups is 1. The van der Waals surface area contributed by atoms with E-state index < -0.39 is 0 Å². The van der Waals surface area contributed by atoms with Crippen LogP contribution in [-0.2, 0) is 4.79 Å². The Hall–Kier alpha value is -1.88. The van der Waals surface area contributed by atoms with E-state index in [1.165, 1.54) is 31.2 Å². The fourth-order valence-corrected chi connectivity index (χ4v) is 4.32. The summed E-state index contributed by atoms with van der Waals surface area (Å²) in [6, 6.07) is 8.01. The zero-order valence-corrected chi connectivity index (χ0v) is 13.3. The van der Waals surface area contributed by atoms with Crippen molar-refractivity contribution in [3.63, 3.8) is 0 Å². The van der Waals surface area contributed by atoms with E-state index in [0.29, 0.717) is 24.3 Å². The van der Waals surface area contributed by atoms with E-state index in [1.54, 1.807) is 4.90 Å². The average molecular weight is 313 g/mol. The molecule has 1 aromatic carbocycles. The maximum Gasteiger partial charge on any atom is 0.328 e. The first-order valence-electron chi connectivity index (χ1n) is 8.57. The smallest absolute Gasteiger partial charge is 0.317 e. The van der Waals surface area contributed by atoms with Gasteiger partial charge in [-0.15, -0.1) is 0 Å². The van der Waals surface area contributed by atoms with Gasteiger partial charge in [-0.1, -0.05) is 12.1 Å². The lowest BCUT2D eigenvalue weighted by atomic mass is 9.56. The van der Waals surface area contributed by atoms with E-state index in [2.05, 4.69) is 22.8 Å². The van der Waals surface area contributed by atoms with Crippen LogP contribution in [0.15, 0.2) is 24.3 Å². The van der Waals surface area contributed by atoms with Gasteiger partial charge in [-0.2, -0.15) is 0 Å². The molecular weight excluding hydrogens is 290 g/mol. The van der Waals surface area contributed by atoms with Crippen molar-refractivity contribution in [1.29, 1.82) is 0 Å². The summed E-state index contributed by atoms with van der Waals surface area (Å²) < 4.78 is 0. The molecule has 2 heterocycles. The van der Waals surface area contributed by atoms with Gasteiger partial charge in [0, 0.05) is 18.7 Å². The Morgan fingerprint density at radius 2 is 1.74 bits per heavy atom. The van der Waals surface area contributed by atoms with E-state index >= 15 is 0 Å². The van der Waals surface area contributed by atoms with Crippen molar-refractivity contribution in [2.75, 3.05) is 24.5 Å². The molecule has 2 N–H and O–H groups in total. The zero-order valence-electron chi connectivity index (χ0n) is 13.3. The fraction of sp³-hybridized carbons (Fsp3) is 0.556. The SMILES string of the molecule is O=C1CCN(c2ccc(C3CC4(CCNCC4)C3)cc2)C(=O)N1. The maximum atomic E-state index is 11.9. The van der Waals surface area contributed by atoms with E-state index in [4.69, 9.17) is 0 Å². The molecule has 3 aliphatic rings. The van der Waals surface area contributed by atoms with Crippen molar-refractivity contribution < 1.29 is 9.59 Å². The molecule has 0 radical (unpaired) electrons. The molecule has 5 heteroatoms. The number of carbonyl (C=O) groups is 2. The quantitative estimate of drug-likeness (QED) is 0.881. The molecule has 0 unspecified atom stereocenters. The zero-order chi connectivity index (χ0) is 15.9. The predicted octanol–water partition coefficient (Wildman–Crippen LogP) is 2.38. The lowest BCUT2D eigenvalue weighted by molar-refractivity contribution is -0.120. The monoisotopic (exact) mass is 313 g/mol. The van der Waals surface area contributed by atoms with Crippen LogP contribution in [0.1, 0.15) is 43.6 Å². The van der Waals surface area contributed by atoms with E-state index in [-0.39, 0.29) is 11.9 Å². The second kappa shape index (κ2) is 5.64. The van der Waals surface area contributed by atoms with Crippen LogP contribution in [0.25, 0.3) is 0 Å². The van der Waals surface area contributed by atoms with Crippen LogP contribution in [0.5, 0.6) is 0 Å². The summed E-state index contributed by atoms with van der Waals surface area (Å²) in [7, 11) is 0. The third-order valence-electron chi connectivity index (χ3n) is 5.75. The second-order valence-corrected chi connectivity index (χ2v) is 7.20. The summed E-state index contributed by atoms with van der Waals surface area (Å²) >= 11 is 0. The highest BCUT2D eigenvalue weighted by Crippen LogP contribution is 2.55. The molecule has 3 fully saturated rings.